The second kappa shape index (κ2) is 10.8. The molecule has 10 nitrogen and oxygen atoms in total. The van der Waals surface area contributed by atoms with E-state index in [2.05, 4.69) is 15.6 Å². The summed E-state index contributed by atoms with van der Waals surface area (Å²) in [5, 5.41) is 8.75. The highest BCUT2D eigenvalue weighted by molar-refractivity contribution is 6.11. The van der Waals surface area contributed by atoms with Crippen molar-refractivity contribution in [2.75, 3.05) is 48.7 Å². The molecule has 0 aliphatic carbocycles. The van der Waals surface area contributed by atoms with Crippen molar-refractivity contribution in [1.29, 1.82) is 0 Å². The van der Waals surface area contributed by atoms with Crippen LogP contribution in [-0.4, -0.2) is 60.5 Å². The highest BCUT2D eigenvalue weighted by atomic mass is 16.6. The second-order valence-electron chi connectivity index (χ2n) is 10.8. The topological polar surface area (TPSA) is 133 Å². The van der Waals surface area contributed by atoms with Crippen LogP contribution in [0.25, 0.3) is 21.7 Å². The number of ether oxygens (including phenoxy) is 1. The Hall–Kier alpha value is -5.35. The molecule has 1 aromatic heterocycles. The summed E-state index contributed by atoms with van der Waals surface area (Å²) in [7, 11) is 0. The van der Waals surface area contributed by atoms with E-state index in [4.69, 9.17) is 10.5 Å². The number of piperazine rings is 1. The summed E-state index contributed by atoms with van der Waals surface area (Å²) in [6.45, 7) is 3.12. The number of nitrogens with one attached hydrogen (secondary N) is 3. The van der Waals surface area contributed by atoms with Crippen molar-refractivity contribution < 1.29 is 19.1 Å². The zero-order chi connectivity index (χ0) is 29.5. The molecular formula is C33H30N6O4. The van der Waals surface area contributed by atoms with Gasteiger partial charge < -0.3 is 35.9 Å². The maximum absolute atomic E-state index is 13.9. The van der Waals surface area contributed by atoms with Crippen LogP contribution in [0.15, 0.2) is 78.9 Å². The number of anilines is 3. The van der Waals surface area contributed by atoms with Gasteiger partial charge in [-0.15, -0.1) is 0 Å². The molecule has 4 aromatic carbocycles. The van der Waals surface area contributed by atoms with Gasteiger partial charge in [-0.2, -0.15) is 0 Å². The fourth-order valence-corrected chi connectivity index (χ4v) is 5.85. The Kier molecular flexibility index (Phi) is 6.67. The van der Waals surface area contributed by atoms with E-state index in [1.165, 1.54) is 0 Å². The molecule has 0 atom stereocenters. The number of aromatic nitrogens is 1. The number of hydrogen-bond acceptors (Lipinski definition) is 6. The van der Waals surface area contributed by atoms with Gasteiger partial charge >= 0.3 is 6.09 Å². The van der Waals surface area contributed by atoms with Crippen LogP contribution in [0.2, 0.25) is 0 Å². The van der Waals surface area contributed by atoms with Gasteiger partial charge in [0.15, 0.2) is 0 Å². The number of benzene rings is 4. The van der Waals surface area contributed by atoms with Crippen LogP contribution < -0.4 is 26.0 Å². The molecule has 0 radical (unpaired) electrons. The number of nitrogens with zero attached hydrogens (tertiary/aromatic N) is 2. The molecule has 0 saturated carbocycles. The molecule has 7 rings (SSSR count). The Balaban J connectivity index is 1.16. The van der Waals surface area contributed by atoms with Gasteiger partial charge in [-0.1, -0.05) is 24.3 Å². The Morgan fingerprint density at radius 3 is 2.42 bits per heavy atom. The molecule has 1 saturated heterocycles. The second-order valence-corrected chi connectivity index (χ2v) is 10.8. The lowest BCUT2D eigenvalue weighted by Crippen LogP contribution is -2.47. The third-order valence-electron chi connectivity index (χ3n) is 8.07. The fourth-order valence-electron chi connectivity index (χ4n) is 5.85. The van der Waals surface area contributed by atoms with Crippen molar-refractivity contribution in [2.24, 2.45) is 0 Å². The van der Waals surface area contributed by atoms with Crippen molar-refractivity contribution >= 4 is 56.6 Å². The molecule has 0 spiro atoms. The van der Waals surface area contributed by atoms with Crippen LogP contribution in [0.4, 0.5) is 21.9 Å². The first kappa shape index (κ1) is 26.5. The molecule has 3 amide bonds. The molecule has 2 aliphatic heterocycles. The van der Waals surface area contributed by atoms with E-state index in [0.29, 0.717) is 54.4 Å². The van der Waals surface area contributed by atoms with Crippen molar-refractivity contribution in [2.45, 2.75) is 6.42 Å². The molecule has 0 unspecified atom stereocenters. The molecule has 216 valence electrons. The van der Waals surface area contributed by atoms with Gasteiger partial charge in [-0.25, -0.2) is 4.79 Å². The highest BCUT2D eigenvalue weighted by Gasteiger charge is 2.30. The average Bonchev–Trinajstić information content (AvgIpc) is 3.66. The lowest BCUT2D eigenvalue weighted by Gasteiger charge is -2.27. The van der Waals surface area contributed by atoms with Crippen LogP contribution >= 0.6 is 0 Å². The first-order chi connectivity index (χ1) is 20.9. The number of aromatic amines is 1. The number of rotatable bonds is 4. The Labute approximate surface area is 247 Å². The number of amides is 3. The zero-order valence-corrected chi connectivity index (χ0v) is 23.4. The van der Waals surface area contributed by atoms with Crippen molar-refractivity contribution in [3.05, 3.63) is 95.7 Å². The largest absolute Gasteiger partial charge is 0.415 e. The summed E-state index contributed by atoms with van der Waals surface area (Å²) in [5.74, 6) is 0.00771. The number of carbonyl (C=O) groups excluding carboxylic acids is 3. The predicted molar refractivity (Wildman–Crippen MR) is 167 cm³/mol. The van der Waals surface area contributed by atoms with Crippen molar-refractivity contribution in [3.8, 4) is 5.75 Å². The number of H-pyrrole nitrogens is 1. The SMILES string of the molecule is Nc1ccc(C(=O)Nc2ccc3[nH]c(C(=O)N4CCc5c4cc(OC(=O)N4CCNCC4)c4ccccc54)cc3c2)cc1. The van der Waals surface area contributed by atoms with E-state index in [1.54, 1.807) is 46.2 Å². The van der Waals surface area contributed by atoms with Gasteiger partial charge in [-0.05, 0) is 65.9 Å². The van der Waals surface area contributed by atoms with E-state index in [1.807, 2.05) is 42.5 Å². The van der Waals surface area contributed by atoms with Gasteiger partial charge in [0, 0.05) is 72.0 Å². The Morgan fingerprint density at radius 1 is 0.860 bits per heavy atom. The average molecular weight is 575 g/mol. The summed E-state index contributed by atoms with van der Waals surface area (Å²) >= 11 is 0. The predicted octanol–water partition coefficient (Wildman–Crippen LogP) is 4.76. The van der Waals surface area contributed by atoms with Crippen LogP contribution in [0.5, 0.6) is 5.75 Å². The van der Waals surface area contributed by atoms with Crippen LogP contribution in [0.1, 0.15) is 26.4 Å². The zero-order valence-electron chi connectivity index (χ0n) is 23.4. The Bertz CT molecular complexity index is 1890. The molecule has 3 heterocycles. The van der Waals surface area contributed by atoms with Gasteiger partial charge in [0.25, 0.3) is 11.8 Å². The van der Waals surface area contributed by atoms with Crippen LogP contribution in [0.3, 0.4) is 0 Å². The summed E-state index contributed by atoms with van der Waals surface area (Å²) < 4.78 is 5.93. The number of carbonyl (C=O) groups is 3. The van der Waals surface area contributed by atoms with Gasteiger partial charge in [0.2, 0.25) is 0 Å². The van der Waals surface area contributed by atoms with Gasteiger partial charge in [0.1, 0.15) is 11.4 Å². The van der Waals surface area contributed by atoms with Crippen molar-refractivity contribution in [1.82, 2.24) is 15.2 Å². The Morgan fingerprint density at radius 2 is 1.63 bits per heavy atom. The molecule has 43 heavy (non-hydrogen) atoms. The molecule has 10 heteroatoms. The summed E-state index contributed by atoms with van der Waals surface area (Å²) in [6, 6.07) is 23.6. The van der Waals surface area contributed by atoms with E-state index in [-0.39, 0.29) is 11.8 Å². The molecule has 0 bridgehead atoms. The lowest BCUT2D eigenvalue weighted by molar-refractivity contribution is 0.0984. The highest BCUT2D eigenvalue weighted by Crippen LogP contribution is 2.41. The van der Waals surface area contributed by atoms with Gasteiger partial charge in [-0.3, -0.25) is 9.59 Å². The molecule has 5 aromatic rings. The maximum Gasteiger partial charge on any atom is 0.415 e. The minimum atomic E-state index is -0.391. The first-order valence-corrected chi connectivity index (χ1v) is 14.3. The number of hydrogen-bond donors (Lipinski definition) is 4. The standard InChI is InChI=1S/C33H30N6O4/c34-22-7-5-20(6-8-22)31(40)36-23-9-10-27-21(17-23)18-28(37-27)32(41)39-14-11-25-24-3-1-2-4-26(24)30(19-29(25)39)43-33(42)38-15-12-35-13-16-38/h1-10,17-19,35,37H,11-16,34H2,(H,36,40). The number of nitrogen functional groups attached to an aromatic ring is 1. The quantitative estimate of drug-likeness (QED) is 0.229. The monoisotopic (exact) mass is 574 g/mol. The molecule has 5 N–H and O–H groups in total. The fraction of sp³-hybridized carbons (Fsp3) is 0.182. The summed E-state index contributed by atoms with van der Waals surface area (Å²) in [4.78, 5) is 46.2. The molecule has 2 aliphatic rings. The third kappa shape index (κ3) is 5.02. The van der Waals surface area contributed by atoms with E-state index in [0.717, 1.165) is 46.0 Å². The van der Waals surface area contributed by atoms with E-state index < -0.39 is 6.09 Å². The lowest BCUT2D eigenvalue weighted by atomic mass is 10.0. The number of fused-ring (bicyclic) bond motifs is 4. The normalized spacial score (nSPS) is 14.6. The smallest absolute Gasteiger partial charge is 0.409 e. The number of nitrogens with two attached hydrogens (primary N) is 1. The molecule has 1 fully saturated rings. The van der Waals surface area contributed by atoms with Gasteiger partial charge in [0.05, 0.1) is 5.69 Å². The minimum absolute atomic E-state index is 0.183. The van der Waals surface area contributed by atoms with Crippen molar-refractivity contribution in [3.63, 3.8) is 0 Å². The van der Waals surface area contributed by atoms with Crippen LogP contribution in [0, 0.1) is 0 Å². The maximum atomic E-state index is 13.9. The first-order valence-electron chi connectivity index (χ1n) is 14.3. The van der Waals surface area contributed by atoms with Crippen LogP contribution in [-0.2, 0) is 6.42 Å². The molecular weight excluding hydrogens is 544 g/mol. The minimum Gasteiger partial charge on any atom is -0.409 e. The van der Waals surface area contributed by atoms with E-state index >= 15 is 0 Å². The summed E-state index contributed by atoms with van der Waals surface area (Å²) in [5.41, 5.74) is 10.4. The third-order valence-corrected chi connectivity index (χ3v) is 8.07. The summed E-state index contributed by atoms with van der Waals surface area (Å²) in [6.07, 6.45) is 0.298. The van der Waals surface area contributed by atoms with E-state index in [9.17, 15) is 14.4 Å².